The first-order chi connectivity index (χ1) is 16.4. The predicted molar refractivity (Wildman–Crippen MR) is 138 cm³/mol. The second kappa shape index (κ2) is 13.2. The summed E-state index contributed by atoms with van der Waals surface area (Å²) in [7, 11) is -3.51. The molecule has 0 saturated heterocycles. The van der Waals surface area contributed by atoms with Gasteiger partial charge in [-0.2, -0.15) is 0 Å². The van der Waals surface area contributed by atoms with E-state index in [0.717, 1.165) is 15.4 Å². The zero-order chi connectivity index (χ0) is 24.2. The minimum absolute atomic E-state index is 0.122. The third-order valence-electron chi connectivity index (χ3n) is 4.95. The summed E-state index contributed by atoms with van der Waals surface area (Å²) in [5.41, 5.74) is 1.70. The molecule has 8 heteroatoms. The molecule has 0 aliphatic rings. The molecule has 0 aliphatic carbocycles. The summed E-state index contributed by atoms with van der Waals surface area (Å²) in [6.45, 7) is 1.56. The summed E-state index contributed by atoms with van der Waals surface area (Å²) >= 11 is 1.51. The van der Waals surface area contributed by atoms with Crippen LogP contribution in [0, 0.1) is 0 Å². The second-order valence-corrected chi connectivity index (χ2v) is 10.7. The molecule has 0 aliphatic heterocycles. The summed E-state index contributed by atoms with van der Waals surface area (Å²) in [5.74, 6) is -0.122. The lowest BCUT2D eigenvalue weighted by Crippen LogP contribution is -2.33. The van der Waals surface area contributed by atoms with Crippen molar-refractivity contribution in [2.45, 2.75) is 29.2 Å². The van der Waals surface area contributed by atoms with Crippen molar-refractivity contribution in [1.29, 1.82) is 0 Å². The Morgan fingerprint density at radius 2 is 1.59 bits per heavy atom. The van der Waals surface area contributed by atoms with Crippen molar-refractivity contribution >= 4 is 33.4 Å². The van der Waals surface area contributed by atoms with Crippen LogP contribution in [0.15, 0.2) is 94.7 Å². The molecule has 3 rings (SSSR count). The summed E-state index contributed by atoms with van der Waals surface area (Å²) in [5, 5.41) is 2.83. The van der Waals surface area contributed by atoms with E-state index in [2.05, 4.69) is 5.32 Å². The van der Waals surface area contributed by atoms with Gasteiger partial charge in [0.25, 0.3) is 0 Å². The largest absolute Gasteiger partial charge is 0.375 e. The molecule has 0 fully saturated rings. The molecule has 0 atom stereocenters. The minimum Gasteiger partial charge on any atom is -0.375 e. The molecule has 1 amide bonds. The number of hydrogen-bond donors (Lipinski definition) is 1. The molecule has 6 nitrogen and oxygen atoms in total. The van der Waals surface area contributed by atoms with E-state index in [9.17, 15) is 13.2 Å². The first kappa shape index (κ1) is 25.8. The third kappa shape index (κ3) is 8.52. The van der Waals surface area contributed by atoms with E-state index in [-0.39, 0.29) is 18.9 Å². The van der Waals surface area contributed by atoms with E-state index >= 15 is 0 Å². The van der Waals surface area contributed by atoms with Crippen molar-refractivity contribution < 1.29 is 17.9 Å². The Bertz CT molecular complexity index is 1140. The highest BCUT2D eigenvalue weighted by molar-refractivity contribution is 7.99. The maximum atomic E-state index is 12.6. The van der Waals surface area contributed by atoms with Gasteiger partial charge in [0.15, 0.2) is 0 Å². The Morgan fingerprint density at radius 3 is 2.29 bits per heavy atom. The quantitative estimate of drug-likeness (QED) is 0.345. The summed E-state index contributed by atoms with van der Waals surface area (Å²) in [6, 6.07) is 27.1. The number of amides is 1. The topological polar surface area (TPSA) is 75.7 Å². The van der Waals surface area contributed by atoms with Crippen LogP contribution in [0.1, 0.15) is 18.4 Å². The van der Waals surface area contributed by atoms with Crippen LogP contribution in [-0.2, 0) is 26.2 Å². The average Bonchev–Trinajstić information content (AvgIpc) is 2.83. The molecule has 0 aromatic heterocycles. The van der Waals surface area contributed by atoms with Gasteiger partial charge >= 0.3 is 0 Å². The van der Waals surface area contributed by atoms with Crippen molar-refractivity contribution in [2.75, 3.05) is 30.3 Å². The Morgan fingerprint density at radius 1 is 0.941 bits per heavy atom. The maximum absolute atomic E-state index is 12.6. The molecular weight excluding hydrogens is 468 g/mol. The van der Waals surface area contributed by atoms with Crippen LogP contribution in [0.5, 0.6) is 0 Å². The van der Waals surface area contributed by atoms with Gasteiger partial charge in [0.2, 0.25) is 15.9 Å². The summed E-state index contributed by atoms with van der Waals surface area (Å²) < 4.78 is 32.1. The smallest absolute Gasteiger partial charge is 0.232 e. The Kier molecular flexibility index (Phi) is 10.00. The van der Waals surface area contributed by atoms with Gasteiger partial charge in [-0.05, 0) is 36.2 Å². The highest BCUT2D eigenvalue weighted by Crippen LogP contribution is 2.36. The second-order valence-electron chi connectivity index (χ2n) is 7.71. The standard InChI is InChI=1S/C26H30N2O4S2/c1-34(30,31)28(24-15-8-9-16-25(24)33-23-13-6-3-7-14-23)19-10-17-26(29)27-18-20-32-21-22-11-4-2-5-12-22/h2-9,11-16H,10,17-21H2,1H3,(H,27,29). The number of anilines is 1. The molecule has 0 bridgehead atoms. The van der Waals surface area contributed by atoms with Gasteiger partial charge < -0.3 is 10.1 Å². The number of benzene rings is 3. The number of rotatable bonds is 13. The van der Waals surface area contributed by atoms with E-state index in [1.165, 1.54) is 22.3 Å². The molecular formula is C26H30N2O4S2. The summed E-state index contributed by atoms with van der Waals surface area (Å²) in [4.78, 5) is 14.1. The molecule has 34 heavy (non-hydrogen) atoms. The summed E-state index contributed by atoms with van der Waals surface area (Å²) in [6.07, 6.45) is 1.84. The van der Waals surface area contributed by atoms with Gasteiger partial charge in [-0.1, -0.05) is 72.4 Å². The average molecular weight is 499 g/mol. The zero-order valence-corrected chi connectivity index (χ0v) is 20.9. The SMILES string of the molecule is CS(=O)(=O)N(CCCC(=O)NCCOCc1ccccc1)c1ccccc1Sc1ccccc1. The molecule has 180 valence electrons. The van der Waals surface area contributed by atoms with Crippen LogP contribution in [-0.4, -0.2) is 40.3 Å². The van der Waals surface area contributed by atoms with Crippen LogP contribution in [0.3, 0.4) is 0 Å². The van der Waals surface area contributed by atoms with Crippen molar-refractivity contribution in [3.05, 3.63) is 90.5 Å². The van der Waals surface area contributed by atoms with Gasteiger partial charge in [-0.25, -0.2) is 8.42 Å². The van der Waals surface area contributed by atoms with Crippen LogP contribution in [0.25, 0.3) is 0 Å². The molecule has 0 heterocycles. The van der Waals surface area contributed by atoms with Crippen LogP contribution >= 0.6 is 11.8 Å². The first-order valence-electron chi connectivity index (χ1n) is 11.1. The molecule has 0 unspecified atom stereocenters. The molecule has 0 saturated carbocycles. The van der Waals surface area contributed by atoms with Crippen LogP contribution in [0.2, 0.25) is 0 Å². The fourth-order valence-electron chi connectivity index (χ4n) is 3.33. The molecule has 3 aromatic carbocycles. The normalized spacial score (nSPS) is 11.2. The van der Waals surface area contributed by atoms with Crippen molar-refractivity contribution in [1.82, 2.24) is 5.32 Å². The minimum atomic E-state index is -3.51. The highest BCUT2D eigenvalue weighted by Gasteiger charge is 2.20. The van der Waals surface area contributed by atoms with E-state index in [0.29, 0.717) is 31.9 Å². The lowest BCUT2D eigenvalue weighted by molar-refractivity contribution is -0.121. The van der Waals surface area contributed by atoms with Gasteiger partial charge in [0.1, 0.15) is 0 Å². The van der Waals surface area contributed by atoms with Crippen molar-refractivity contribution in [2.24, 2.45) is 0 Å². The van der Waals surface area contributed by atoms with Gasteiger partial charge in [-0.15, -0.1) is 0 Å². The number of sulfonamides is 1. The molecule has 3 aromatic rings. The molecule has 1 N–H and O–H groups in total. The number of hydrogen-bond acceptors (Lipinski definition) is 5. The third-order valence-corrected chi connectivity index (χ3v) is 7.20. The highest BCUT2D eigenvalue weighted by atomic mass is 32.2. The van der Waals surface area contributed by atoms with E-state index in [1.807, 2.05) is 78.9 Å². The van der Waals surface area contributed by atoms with Crippen molar-refractivity contribution in [3.8, 4) is 0 Å². The number of ether oxygens (including phenoxy) is 1. The van der Waals surface area contributed by atoms with Gasteiger partial charge in [0, 0.05) is 29.3 Å². The Labute approximate surface area is 206 Å². The van der Waals surface area contributed by atoms with Gasteiger partial charge in [-0.3, -0.25) is 9.10 Å². The van der Waals surface area contributed by atoms with Gasteiger partial charge in [0.05, 0.1) is 25.2 Å². The number of para-hydroxylation sites is 1. The maximum Gasteiger partial charge on any atom is 0.232 e. The zero-order valence-electron chi connectivity index (χ0n) is 19.2. The molecule has 0 spiro atoms. The van der Waals surface area contributed by atoms with Crippen LogP contribution < -0.4 is 9.62 Å². The monoisotopic (exact) mass is 498 g/mol. The number of nitrogens with zero attached hydrogens (tertiary/aromatic N) is 1. The van der Waals surface area contributed by atoms with E-state index < -0.39 is 10.0 Å². The Balaban J connectivity index is 1.49. The fraction of sp³-hybridized carbons (Fsp3) is 0.269. The lowest BCUT2D eigenvalue weighted by Gasteiger charge is -2.24. The predicted octanol–water partition coefficient (Wildman–Crippen LogP) is 4.72. The van der Waals surface area contributed by atoms with Crippen LogP contribution in [0.4, 0.5) is 5.69 Å². The number of carbonyl (C=O) groups is 1. The fourth-order valence-corrected chi connectivity index (χ4v) is 5.34. The number of carbonyl (C=O) groups excluding carboxylic acids is 1. The van der Waals surface area contributed by atoms with Crippen molar-refractivity contribution in [3.63, 3.8) is 0 Å². The van der Waals surface area contributed by atoms with E-state index in [4.69, 9.17) is 4.74 Å². The van der Waals surface area contributed by atoms with E-state index in [1.54, 1.807) is 6.07 Å². The first-order valence-corrected chi connectivity index (χ1v) is 13.8. The molecule has 0 radical (unpaired) electrons. The Hall–Kier alpha value is -2.81. The number of nitrogens with one attached hydrogen (secondary N) is 1. The lowest BCUT2D eigenvalue weighted by atomic mass is 10.2.